The standard InChI is InChI=1S/C13H16F3N3O/c14-13(15,16)11-5-2-9(8-19-11)12(20)18-7-1-6-17-10-3-4-10/h2,5,8,10,17H,1,3-4,6-7H2,(H,18,20). The summed E-state index contributed by atoms with van der Waals surface area (Å²) in [5.41, 5.74) is -0.865. The Kier molecular flexibility index (Phi) is 4.59. The molecule has 0 saturated heterocycles. The Morgan fingerprint density at radius 2 is 2.05 bits per heavy atom. The van der Waals surface area contributed by atoms with Crippen LogP contribution >= 0.6 is 0 Å². The Bertz CT molecular complexity index is 455. The van der Waals surface area contributed by atoms with E-state index in [1.165, 1.54) is 12.8 Å². The van der Waals surface area contributed by atoms with Crippen LogP contribution in [0.5, 0.6) is 0 Å². The maximum atomic E-state index is 12.3. The van der Waals surface area contributed by atoms with Crippen LogP contribution in [0.3, 0.4) is 0 Å². The molecule has 2 rings (SSSR count). The zero-order chi connectivity index (χ0) is 14.6. The number of nitrogens with zero attached hydrogens (tertiary/aromatic N) is 1. The summed E-state index contributed by atoms with van der Waals surface area (Å²) in [6.45, 7) is 1.32. The van der Waals surface area contributed by atoms with E-state index in [0.29, 0.717) is 12.6 Å². The largest absolute Gasteiger partial charge is 0.433 e. The summed E-state index contributed by atoms with van der Waals surface area (Å²) in [6.07, 6.45) is -0.326. The maximum absolute atomic E-state index is 12.3. The van der Waals surface area contributed by atoms with Crippen LogP contribution in [0.2, 0.25) is 0 Å². The number of alkyl halides is 3. The second-order valence-electron chi connectivity index (χ2n) is 4.77. The summed E-state index contributed by atoms with van der Waals surface area (Å²) in [6, 6.07) is 2.57. The fourth-order valence-electron chi connectivity index (χ4n) is 1.68. The summed E-state index contributed by atoms with van der Waals surface area (Å²) in [5, 5.41) is 5.96. The fourth-order valence-corrected chi connectivity index (χ4v) is 1.68. The van der Waals surface area contributed by atoms with Crippen molar-refractivity contribution in [3.8, 4) is 0 Å². The zero-order valence-corrected chi connectivity index (χ0v) is 10.8. The molecule has 0 bridgehead atoms. The van der Waals surface area contributed by atoms with Crippen LogP contribution in [-0.2, 0) is 6.18 Å². The first-order valence-corrected chi connectivity index (χ1v) is 6.51. The van der Waals surface area contributed by atoms with Gasteiger partial charge in [0.1, 0.15) is 5.69 Å². The lowest BCUT2D eigenvalue weighted by atomic mass is 10.2. The minimum absolute atomic E-state index is 0.133. The average molecular weight is 287 g/mol. The van der Waals surface area contributed by atoms with Gasteiger partial charge >= 0.3 is 6.18 Å². The number of pyridine rings is 1. The van der Waals surface area contributed by atoms with Gasteiger partial charge in [-0.05, 0) is 37.9 Å². The van der Waals surface area contributed by atoms with Crippen LogP contribution in [0.15, 0.2) is 18.3 Å². The van der Waals surface area contributed by atoms with Gasteiger partial charge < -0.3 is 10.6 Å². The Morgan fingerprint density at radius 1 is 1.30 bits per heavy atom. The highest BCUT2D eigenvalue weighted by atomic mass is 19.4. The van der Waals surface area contributed by atoms with Gasteiger partial charge in [-0.2, -0.15) is 13.2 Å². The van der Waals surface area contributed by atoms with Crippen molar-refractivity contribution in [2.45, 2.75) is 31.5 Å². The van der Waals surface area contributed by atoms with E-state index in [1.54, 1.807) is 0 Å². The number of carbonyl (C=O) groups excluding carboxylic acids is 1. The van der Waals surface area contributed by atoms with Gasteiger partial charge in [0.05, 0.1) is 5.56 Å². The van der Waals surface area contributed by atoms with Gasteiger partial charge in [0.25, 0.3) is 5.91 Å². The number of hydrogen-bond acceptors (Lipinski definition) is 3. The van der Waals surface area contributed by atoms with Crippen LogP contribution in [0.25, 0.3) is 0 Å². The third kappa shape index (κ3) is 4.48. The second kappa shape index (κ2) is 6.21. The van der Waals surface area contributed by atoms with Gasteiger partial charge in [0.15, 0.2) is 0 Å². The van der Waals surface area contributed by atoms with E-state index in [1.807, 2.05) is 0 Å². The lowest BCUT2D eigenvalue weighted by Crippen LogP contribution is -2.28. The van der Waals surface area contributed by atoms with Crippen LogP contribution < -0.4 is 10.6 Å². The van der Waals surface area contributed by atoms with Gasteiger partial charge in [-0.25, -0.2) is 0 Å². The van der Waals surface area contributed by atoms with Gasteiger partial charge in [0, 0.05) is 18.8 Å². The molecule has 0 atom stereocenters. The van der Waals surface area contributed by atoms with Crippen molar-refractivity contribution in [3.05, 3.63) is 29.6 Å². The molecule has 1 aliphatic carbocycles. The van der Waals surface area contributed by atoms with Gasteiger partial charge in [0.2, 0.25) is 0 Å². The minimum atomic E-state index is -4.48. The normalized spacial score (nSPS) is 15.2. The molecular weight excluding hydrogens is 271 g/mol. The highest BCUT2D eigenvalue weighted by molar-refractivity contribution is 5.93. The third-order valence-electron chi connectivity index (χ3n) is 2.97. The van der Waals surface area contributed by atoms with Gasteiger partial charge in [-0.1, -0.05) is 0 Å². The molecule has 0 aromatic carbocycles. The van der Waals surface area contributed by atoms with Crippen molar-refractivity contribution >= 4 is 5.91 Å². The topological polar surface area (TPSA) is 54.0 Å². The molecule has 0 aliphatic heterocycles. The fraction of sp³-hybridized carbons (Fsp3) is 0.538. The number of hydrogen-bond donors (Lipinski definition) is 2. The monoisotopic (exact) mass is 287 g/mol. The van der Waals surface area contributed by atoms with Crippen molar-refractivity contribution in [3.63, 3.8) is 0 Å². The SMILES string of the molecule is O=C(NCCCNC1CC1)c1ccc(C(F)(F)F)nc1. The van der Waals surface area contributed by atoms with Crippen LogP contribution in [-0.4, -0.2) is 30.0 Å². The number of nitrogens with one attached hydrogen (secondary N) is 2. The lowest BCUT2D eigenvalue weighted by Gasteiger charge is -2.08. The van der Waals surface area contributed by atoms with E-state index < -0.39 is 17.8 Å². The quantitative estimate of drug-likeness (QED) is 0.787. The van der Waals surface area contributed by atoms with Crippen LogP contribution in [0.4, 0.5) is 13.2 Å². The van der Waals surface area contributed by atoms with Crippen LogP contribution in [0, 0.1) is 0 Å². The molecule has 1 saturated carbocycles. The second-order valence-corrected chi connectivity index (χ2v) is 4.77. The molecule has 2 N–H and O–H groups in total. The molecule has 0 radical (unpaired) electrons. The summed E-state index contributed by atoms with van der Waals surface area (Å²) in [4.78, 5) is 14.9. The molecule has 4 nitrogen and oxygen atoms in total. The molecule has 0 unspecified atom stereocenters. The highest BCUT2D eigenvalue weighted by Crippen LogP contribution is 2.27. The summed E-state index contributed by atoms with van der Waals surface area (Å²) in [5.74, 6) is -0.405. The number of carbonyl (C=O) groups is 1. The Labute approximate surface area is 114 Å². The predicted octanol–water partition coefficient (Wildman–Crippen LogP) is 1.97. The molecule has 1 heterocycles. The smallest absolute Gasteiger partial charge is 0.352 e. The Morgan fingerprint density at radius 3 is 2.60 bits per heavy atom. The predicted molar refractivity (Wildman–Crippen MR) is 67.2 cm³/mol. The van der Waals surface area contributed by atoms with Crippen molar-refractivity contribution in [2.75, 3.05) is 13.1 Å². The molecule has 0 spiro atoms. The van der Waals surface area contributed by atoms with E-state index in [9.17, 15) is 18.0 Å². The number of amides is 1. The summed E-state index contributed by atoms with van der Waals surface area (Å²) >= 11 is 0. The van der Waals surface area contributed by atoms with Crippen molar-refractivity contribution in [1.82, 2.24) is 15.6 Å². The number of aromatic nitrogens is 1. The van der Waals surface area contributed by atoms with Crippen molar-refractivity contribution in [2.24, 2.45) is 0 Å². The summed E-state index contributed by atoms with van der Waals surface area (Å²) < 4.78 is 36.9. The van der Waals surface area contributed by atoms with E-state index in [2.05, 4.69) is 15.6 Å². The molecule has 20 heavy (non-hydrogen) atoms. The Balaban J connectivity index is 1.73. The third-order valence-corrected chi connectivity index (χ3v) is 2.97. The first-order valence-electron chi connectivity index (χ1n) is 6.51. The molecule has 110 valence electrons. The van der Waals surface area contributed by atoms with Crippen LogP contribution in [0.1, 0.15) is 35.3 Å². The molecule has 1 aromatic heterocycles. The van der Waals surface area contributed by atoms with Crippen molar-refractivity contribution in [1.29, 1.82) is 0 Å². The molecule has 1 aromatic rings. The number of rotatable bonds is 6. The molecule has 7 heteroatoms. The highest BCUT2D eigenvalue weighted by Gasteiger charge is 2.32. The van der Waals surface area contributed by atoms with E-state index in [0.717, 1.165) is 31.3 Å². The molecule has 1 amide bonds. The molecular formula is C13H16F3N3O. The first-order chi connectivity index (χ1) is 9.47. The number of halogens is 3. The molecule has 1 fully saturated rings. The minimum Gasteiger partial charge on any atom is -0.352 e. The van der Waals surface area contributed by atoms with Gasteiger partial charge in [-0.3, -0.25) is 9.78 Å². The van der Waals surface area contributed by atoms with Gasteiger partial charge in [-0.15, -0.1) is 0 Å². The van der Waals surface area contributed by atoms with E-state index >= 15 is 0 Å². The Hall–Kier alpha value is -1.63. The first kappa shape index (κ1) is 14.8. The molecule has 1 aliphatic rings. The average Bonchev–Trinajstić information content (AvgIpc) is 3.21. The summed E-state index contributed by atoms with van der Waals surface area (Å²) in [7, 11) is 0. The zero-order valence-electron chi connectivity index (χ0n) is 10.8. The lowest BCUT2D eigenvalue weighted by molar-refractivity contribution is -0.141. The van der Waals surface area contributed by atoms with Crippen molar-refractivity contribution < 1.29 is 18.0 Å². The van der Waals surface area contributed by atoms with E-state index in [-0.39, 0.29) is 5.56 Å². The maximum Gasteiger partial charge on any atom is 0.433 e. The van der Waals surface area contributed by atoms with E-state index in [4.69, 9.17) is 0 Å².